The van der Waals surface area contributed by atoms with Crippen molar-refractivity contribution in [1.29, 1.82) is 0 Å². The Kier molecular flexibility index (Phi) is 4.55. The maximum atomic E-state index is 11.6. The number of hydrogen-bond donors (Lipinski definition) is 3. The van der Waals surface area contributed by atoms with Crippen LogP contribution in [0.4, 0.5) is 4.79 Å². The van der Waals surface area contributed by atoms with Crippen LogP contribution in [0.2, 0.25) is 0 Å². The SMILES string of the molecule is CC(C)NC(=O)NC(=O)C1CCNCC1. The number of nitrogens with one attached hydrogen (secondary N) is 3. The molecular weight excluding hydrogens is 194 g/mol. The van der Waals surface area contributed by atoms with Crippen molar-refractivity contribution in [2.45, 2.75) is 32.7 Å². The highest BCUT2D eigenvalue weighted by Crippen LogP contribution is 2.10. The van der Waals surface area contributed by atoms with Gasteiger partial charge in [-0.15, -0.1) is 0 Å². The minimum Gasteiger partial charge on any atom is -0.336 e. The standard InChI is InChI=1S/C10H19N3O2/c1-7(2)12-10(15)13-9(14)8-3-5-11-6-4-8/h7-8,11H,3-6H2,1-2H3,(H2,12,13,14,15). The van der Waals surface area contributed by atoms with Gasteiger partial charge in [-0.3, -0.25) is 10.1 Å². The Balaban J connectivity index is 2.30. The third-order valence-electron chi connectivity index (χ3n) is 2.37. The van der Waals surface area contributed by atoms with Crippen LogP contribution in [0.25, 0.3) is 0 Å². The highest BCUT2D eigenvalue weighted by atomic mass is 16.2. The molecule has 1 saturated heterocycles. The lowest BCUT2D eigenvalue weighted by atomic mass is 9.97. The number of amides is 3. The zero-order valence-corrected chi connectivity index (χ0v) is 9.30. The van der Waals surface area contributed by atoms with Gasteiger partial charge in [0.2, 0.25) is 5.91 Å². The second-order valence-corrected chi connectivity index (χ2v) is 4.14. The van der Waals surface area contributed by atoms with Crippen molar-refractivity contribution in [3.05, 3.63) is 0 Å². The predicted octanol–water partition coefficient (Wildman–Crippen LogP) is 0.220. The lowest BCUT2D eigenvalue weighted by Gasteiger charge is -2.21. The largest absolute Gasteiger partial charge is 0.336 e. The Labute approximate surface area is 90.0 Å². The Morgan fingerprint density at radius 3 is 2.40 bits per heavy atom. The minimum absolute atomic E-state index is 0.0239. The Morgan fingerprint density at radius 2 is 1.87 bits per heavy atom. The smallest absolute Gasteiger partial charge is 0.321 e. The second kappa shape index (κ2) is 5.70. The fourth-order valence-corrected chi connectivity index (χ4v) is 1.60. The highest BCUT2D eigenvalue weighted by molar-refractivity contribution is 5.95. The third kappa shape index (κ3) is 4.29. The van der Waals surface area contributed by atoms with Gasteiger partial charge in [-0.05, 0) is 39.8 Å². The first-order chi connectivity index (χ1) is 7.09. The van der Waals surface area contributed by atoms with Crippen LogP contribution >= 0.6 is 0 Å². The van der Waals surface area contributed by atoms with Crippen molar-refractivity contribution in [2.24, 2.45) is 5.92 Å². The first-order valence-corrected chi connectivity index (χ1v) is 5.41. The summed E-state index contributed by atoms with van der Waals surface area (Å²) in [6.45, 7) is 5.41. The molecule has 5 nitrogen and oxygen atoms in total. The summed E-state index contributed by atoms with van der Waals surface area (Å²) >= 11 is 0. The van der Waals surface area contributed by atoms with Crippen LogP contribution in [0.5, 0.6) is 0 Å². The van der Waals surface area contributed by atoms with Gasteiger partial charge in [0, 0.05) is 12.0 Å². The molecule has 86 valence electrons. The maximum Gasteiger partial charge on any atom is 0.321 e. The van der Waals surface area contributed by atoms with Gasteiger partial charge >= 0.3 is 6.03 Å². The summed E-state index contributed by atoms with van der Waals surface area (Å²) in [5.74, 6) is -0.182. The fourth-order valence-electron chi connectivity index (χ4n) is 1.60. The van der Waals surface area contributed by atoms with Crippen molar-refractivity contribution in [1.82, 2.24) is 16.0 Å². The first kappa shape index (κ1) is 12.0. The molecule has 1 fully saturated rings. The van der Waals surface area contributed by atoms with Crippen LogP contribution < -0.4 is 16.0 Å². The van der Waals surface area contributed by atoms with Crippen LogP contribution in [0.15, 0.2) is 0 Å². The van der Waals surface area contributed by atoms with Crippen molar-refractivity contribution in [3.8, 4) is 0 Å². The summed E-state index contributed by atoms with van der Waals surface area (Å²) in [5.41, 5.74) is 0. The van der Waals surface area contributed by atoms with Gasteiger partial charge < -0.3 is 10.6 Å². The van der Waals surface area contributed by atoms with Crippen LogP contribution in [0.3, 0.4) is 0 Å². The zero-order chi connectivity index (χ0) is 11.3. The number of urea groups is 1. The van der Waals surface area contributed by atoms with Crippen molar-refractivity contribution in [2.75, 3.05) is 13.1 Å². The molecule has 3 N–H and O–H groups in total. The summed E-state index contributed by atoms with van der Waals surface area (Å²) in [4.78, 5) is 22.8. The van der Waals surface area contributed by atoms with Crippen molar-refractivity contribution < 1.29 is 9.59 Å². The molecule has 3 amide bonds. The molecule has 0 aromatic rings. The lowest BCUT2D eigenvalue weighted by Crippen LogP contribution is -2.46. The highest BCUT2D eigenvalue weighted by Gasteiger charge is 2.22. The van der Waals surface area contributed by atoms with Gasteiger partial charge in [0.15, 0.2) is 0 Å². The van der Waals surface area contributed by atoms with Crippen LogP contribution in [0, 0.1) is 5.92 Å². The summed E-state index contributed by atoms with van der Waals surface area (Å²) in [6, 6.07) is -0.348. The van der Waals surface area contributed by atoms with E-state index in [9.17, 15) is 9.59 Å². The monoisotopic (exact) mass is 213 g/mol. The second-order valence-electron chi connectivity index (χ2n) is 4.14. The molecule has 15 heavy (non-hydrogen) atoms. The Bertz CT molecular complexity index is 235. The third-order valence-corrected chi connectivity index (χ3v) is 2.37. The molecule has 0 spiro atoms. The number of carbonyl (C=O) groups is 2. The van der Waals surface area contributed by atoms with Gasteiger partial charge in [-0.2, -0.15) is 0 Å². The van der Waals surface area contributed by atoms with E-state index < -0.39 is 6.03 Å². The Morgan fingerprint density at radius 1 is 1.27 bits per heavy atom. The summed E-state index contributed by atoms with van der Waals surface area (Å²) in [7, 11) is 0. The van der Waals surface area contributed by atoms with E-state index in [4.69, 9.17) is 0 Å². The van der Waals surface area contributed by atoms with Crippen LogP contribution in [-0.2, 0) is 4.79 Å². The number of carbonyl (C=O) groups excluding carboxylic acids is 2. The fraction of sp³-hybridized carbons (Fsp3) is 0.800. The summed E-state index contributed by atoms with van der Waals surface area (Å²) in [6.07, 6.45) is 1.61. The Hall–Kier alpha value is -1.10. The number of hydrogen-bond acceptors (Lipinski definition) is 3. The molecule has 0 unspecified atom stereocenters. The van der Waals surface area contributed by atoms with E-state index in [0.29, 0.717) is 0 Å². The maximum absolute atomic E-state index is 11.6. The van der Waals surface area contributed by atoms with Crippen molar-refractivity contribution >= 4 is 11.9 Å². The van der Waals surface area contributed by atoms with Crippen LogP contribution in [-0.4, -0.2) is 31.1 Å². The van der Waals surface area contributed by atoms with Gasteiger partial charge in [0.05, 0.1) is 0 Å². The quantitative estimate of drug-likeness (QED) is 0.614. The number of imide groups is 1. The van der Waals surface area contributed by atoms with E-state index in [2.05, 4.69) is 16.0 Å². The molecule has 0 aliphatic carbocycles. The van der Waals surface area contributed by atoms with Crippen molar-refractivity contribution in [3.63, 3.8) is 0 Å². The number of rotatable bonds is 2. The molecule has 0 radical (unpaired) electrons. The van der Waals surface area contributed by atoms with Gasteiger partial charge in [-0.1, -0.05) is 0 Å². The summed E-state index contributed by atoms with van der Waals surface area (Å²) < 4.78 is 0. The van der Waals surface area contributed by atoms with E-state index in [1.54, 1.807) is 0 Å². The molecule has 0 saturated carbocycles. The molecule has 1 aliphatic rings. The van der Waals surface area contributed by atoms with E-state index >= 15 is 0 Å². The predicted molar refractivity (Wildman–Crippen MR) is 57.4 cm³/mol. The average Bonchev–Trinajstić information content (AvgIpc) is 2.17. The molecule has 0 atom stereocenters. The van der Waals surface area contributed by atoms with E-state index in [-0.39, 0.29) is 17.9 Å². The molecule has 1 rings (SSSR count). The molecule has 0 aromatic carbocycles. The van der Waals surface area contributed by atoms with E-state index in [1.165, 1.54) is 0 Å². The summed E-state index contributed by atoms with van der Waals surface area (Å²) in [5, 5.41) is 8.17. The normalized spacial score (nSPS) is 17.5. The lowest BCUT2D eigenvalue weighted by molar-refractivity contribution is -0.124. The average molecular weight is 213 g/mol. The van der Waals surface area contributed by atoms with E-state index in [0.717, 1.165) is 25.9 Å². The minimum atomic E-state index is -0.395. The van der Waals surface area contributed by atoms with E-state index in [1.807, 2.05) is 13.8 Å². The first-order valence-electron chi connectivity index (χ1n) is 5.41. The van der Waals surface area contributed by atoms with Gasteiger partial charge in [-0.25, -0.2) is 4.79 Å². The zero-order valence-electron chi connectivity index (χ0n) is 9.30. The topological polar surface area (TPSA) is 70.2 Å². The molecule has 0 bridgehead atoms. The molecule has 0 aromatic heterocycles. The van der Waals surface area contributed by atoms with Gasteiger partial charge in [0.25, 0.3) is 0 Å². The van der Waals surface area contributed by atoms with Gasteiger partial charge in [0.1, 0.15) is 0 Å². The number of piperidine rings is 1. The molecular formula is C10H19N3O2. The molecule has 5 heteroatoms. The van der Waals surface area contributed by atoms with Crippen LogP contribution in [0.1, 0.15) is 26.7 Å². The molecule has 1 aliphatic heterocycles. The molecule has 1 heterocycles.